The van der Waals surface area contributed by atoms with E-state index in [2.05, 4.69) is 0 Å². The molecule has 0 bridgehead atoms. The van der Waals surface area contributed by atoms with Crippen molar-refractivity contribution < 1.29 is 58.9 Å². The van der Waals surface area contributed by atoms with Crippen molar-refractivity contribution in [1.82, 2.24) is 5.32 Å². The molecule has 168 valence electrons. The number of aliphatic hydroxyl groups excluding tert-OH is 1. The van der Waals surface area contributed by atoms with E-state index in [0.717, 1.165) is 0 Å². The Kier molecular flexibility index (Phi) is 4.21. The molecule has 0 aliphatic rings. The van der Waals surface area contributed by atoms with Crippen molar-refractivity contribution in [2.75, 3.05) is 39.5 Å². The lowest BCUT2D eigenvalue weighted by atomic mass is 10.1. The van der Waals surface area contributed by atoms with Crippen molar-refractivity contribution in [3.05, 3.63) is 0 Å². The van der Waals surface area contributed by atoms with Crippen LogP contribution in [-0.4, -0.2) is 74.1 Å². The number of nitrogens with one attached hydrogen (secondary N) is 1. The lowest BCUT2D eigenvalue weighted by molar-refractivity contribution is -0.893. The third-order valence-corrected chi connectivity index (χ3v) is 3.80. The molecule has 0 fully saturated rings. The fourth-order valence-corrected chi connectivity index (χ4v) is 2.59. The number of quaternary nitrogens is 1. The Morgan fingerprint density at radius 1 is 1.14 bits per heavy atom. The van der Waals surface area contributed by atoms with Gasteiger partial charge in [-0.05, 0) is 6.37 Å². The number of nitrogens with zero attached hydrogens (tertiary/aromatic N) is 1. The lowest BCUT2D eigenvalue weighted by Crippen LogP contribution is -2.48. The van der Waals surface area contributed by atoms with Gasteiger partial charge in [0.05, 0.1) is 36.5 Å². The zero-order valence-electron chi connectivity index (χ0n) is 38.5. The summed E-state index contributed by atoms with van der Waals surface area (Å²) in [4.78, 5) is 12.8. The fraction of sp³-hybridized carbons (Fsp3) is 0.950. The minimum Gasteiger partial charge on any atom is -0.748 e. The van der Waals surface area contributed by atoms with Gasteiger partial charge in [0.15, 0.2) is 0 Å². The number of likely N-dealkylation sites (N-methyl/N-ethyl adjacent to an activating group) is 1. The standard InChI is InChI=1S/C20H42N2O5S/c1-4-5-6-7-8-9-10-11-12-14-20(24)21-15-13-16-22(2,3)17-19(23)18-28(25,26)27/h19,23H,4-18H2,1-3H3,(H-,21,24,25,26,27)/i1D3,4D2,5D2,6D2,7D2,8D2,9D2,10D2,11D2,12D2,14D2. The van der Waals surface area contributed by atoms with Crippen molar-refractivity contribution in [3.63, 3.8) is 0 Å². The summed E-state index contributed by atoms with van der Waals surface area (Å²) < 4.78 is 215. The molecule has 0 spiro atoms. The van der Waals surface area contributed by atoms with Crippen LogP contribution in [0.25, 0.3) is 0 Å². The van der Waals surface area contributed by atoms with Gasteiger partial charge in [0.1, 0.15) is 12.6 Å². The zero-order chi connectivity index (χ0) is 41.9. The van der Waals surface area contributed by atoms with Crippen LogP contribution in [0.2, 0.25) is 0 Å². The number of aliphatic hydroxyl groups is 1. The highest BCUT2D eigenvalue weighted by molar-refractivity contribution is 7.85. The second-order valence-electron chi connectivity index (χ2n) is 6.08. The summed E-state index contributed by atoms with van der Waals surface area (Å²) in [6.07, 6.45) is -47.8. The Hall–Kier alpha value is -0.700. The molecule has 1 unspecified atom stereocenters. The second kappa shape index (κ2) is 15.2. The predicted octanol–water partition coefficient (Wildman–Crippen LogP) is 2.40. The highest BCUT2D eigenvalue weighted by Crippen LogP contribution is 2.10. The van der Waals surface area contributed by atoms with E-state index in [0.29, 0.717) is 0 Å². The molecule has 0 rings (SSSR count). The molecule has 0 saturated carbocycles. The molecule has 0 heterocycles. The van der Waals surface area contributed by atoms with Crippen LogP contribution in [0, 0.1) is 0 Å². The highest BCUT2D eigenvalue weighted by Gasteiger charge is 2.21. The number of hydrogen-bond acceptors (Lipinski definition) is 5. The summed E-state index contributed by atoms with van der Waals surface area (Å²) in [6, 6.07) is 0. The first kappa shape index (κ1) is 7.77. The van der Waals surface area contributed by atoms with E-state index in [-0.39, 0.29) is 24.0 Å². The predicted molar refractivity (Wildman–Crippen MR) is 112 cm³/mol. The Balaban J connectivity index is 6.54. The van der Waals surface area contributed by atoms with Crippen molar-refractivity contribution in [1.29, 1.82) is 0 Å². The Morgan fingerprint density at radius 2 is 1.71 bits per heavy atom. The second-order valence-corrected chi connectivity index (χ2v) is 7.53. The molecule has 0 aromatic heterocycles. The smallest absolute Gasteiger partial charge is 0.219 e. The van der Waals surface area contributed by atoms with Crippen molar-refractivity contribution in [3.8, 4) is 0 Å². The van der Waals surface area contributed by atoms with E-state index < -0.39 is 105 Å². The van der Waals surface area contributed by atoms with Gasteiger partial charge in [0.2, 0.25) is 5.91 Å². The molecular formula is C20H42N2O5S. The summed E-state index contributed by atoms with van der Waals surface area (Å²) in [5, 5.41) is 11.7. The number of carbonyl (C=O) groups excluding carboxylic acids is 1. The molecule has 7 nitrogen and oxygen atoms in total. The van der Waals surface area contributed by atoms with Crippen LogP contribution >= 0.6 is 0 Å². The van der Waals surface area contributed by atoms with Gasteiger partial charge in [-0.25, -0.2) is 8.42 Å². The maximum Gasteiger partial charge on any atom is 0.219 e. The van der Waals surface area contributed by atoms with E-state index in [9.17, 15) is 22.9 Å². The number of rotatable bonds is 18. The van der Waals surface area contributed by atoms with Gasteiger partial charge in [0.25, 0.3) is 0 Å². The zero-order valence-corrected chi connectivity index (χ0v) is 16.4. The molecule has 0 saturated heterocycles. The van der Waals surface area contributed by atoms with Gasteiger partial charge in [-0.2, -0.15) is 0 Å². The fourth-order valence-electron chi connectivity index (χ4n) is 2.01. The molecular weight excluding hydrogens is 380 g/mol. The van der Waals surface area contributed by atoms with Crippen LogP contribution in [0.4, 0.5) is 0 Å². The van der Waals surface area contributed by atoms with Crippen LogP contribution in [-0.2, 0) is 14.9 Å². The van der Waals surface area contributed by atoms with Crippen LogP contribution in [0.1, 0.15) is 109 Å². The van der Waals surface area contributed by atoms with E-state index in [1.54, 1.807) is 0 Å². The number of amides is 1. The first-order valence-corrected chi connectivity index (χ1v) is 9.53. The van der Waals surface area contributed by atoms with Gasteiger partial charge in [-0.15, -0.1) is 0 Å². The summed E-state index contributed by atoms with van der Waals surface area (Å²) in [5.74, 6) is -3.03. The van der Waals surface area contributed by atoms with Crippen LogP contribution < -0.4 is 5.32 Å². The molecule has 0 aliphatic carbocycles. The summed E-state index contributed by atoms with van der Waals surface area (Å²) in [6.45, 7) is -4.76. The quantitative estimate of drug-likeness (QED) is 0.191. The maximum absolute atomic E-state index is 12.8. The Bertz CT molecular complexity index is 1360. The molecule has 28 heavy (non-hydrogen) atoms. The van der Waals surface area contributed by atoms with Gasteiger partial charge < -0.3 is 19.5 Å². The lowest BCUT2D eigenvalue weighted by Gasteiger charge is -2.32. The Morgan fingerprint density at radius 3 is 2.29 bits per heavy atom. The molecule has 1 amide bonds. The SMILES string of the molecule is [2H]C([2H])([2H])C([2H])([2H])C([2H])([2H])C([2H])([2H])C([2H])([2H])C([2H])([2H])C([2H])([2H])C([2H])([2H])C([2H])([2H])C([2H])([2H])C([2H])([2H])C(=O)NCCC[N+](C)(C)CC(O)CS(=O)(=O)[O-]. The average molecular weight is 446 g/mol. The molecule has 0 aliphatic heterocycles. The van der Waals surface area contributed by atoms with Crippen LogP contribution in [0.3, 0.4) is 0 Å². The summed E-state index contributed by atoms with van der Waals surface area (Å²) in [5.41, 5.74) is 0. The molecule has 1 atom stereocenters. The van der Waals surface area contributed by atoms with E-state index in [1.807, 2.05) is 5.32 Å². The topological polar surface area (TPSA) is 107 Å². The molecule has 0 aromatic rings. The average Bonchev–Trinajstić information content (AvgIpc) is 2.87. The maximum atomic E-state index is 12.8. The van der Waals surface area contributed by atoms with Crippen molar-refractivity contribution in [2.24, 2.45) is 0 Å². The third kappa shape index (κ3) is 18.7. The van der Waals surface area contributed by atoms with Gasteiger partial charge in [-0.3, -0.25) is 4.79 Å². The summed E-state index contributed by atoms with van der Waals surface area (Å²) >= 11 is 0. The van der Waals surface area contributed by atoms with Crippen LogP contribution in [0.15, 0.2) is 0 Å². The first-order valence-electron chi connectivity index (χ1n) is 19.4. The molecule has 0 radical (unpaired) electrons. The van der Waals surface area contributed by atoms with Gasteiger partial charge >= 0.3 is 0 Å². The normalized spacial score (nSPS) is 31.2. The third-order valence-electron chi connectivity index (χ3n) is 3.00. The minimum absolute atomic E-state index is 0.0200. The molecule has 2 N–H and O–H groups in total. The minimum atomic E-state index is -4.85. The van der Waals surface area contributed by atoms with E-state index in [4.69, 9.17) is 31.5 Å². The number of carbonyl (C=O) groups is 1. The van der Waals surface area contributed by atoms with Gasteiger partial charge in [-0.1, -0.05) is 57.8 Å². The Labute approximate surface area is 204 Å². The van der Waals surface area contributed by atoms with E-state index in [1.165, 1.54) is 14.1 Å². The highest BCUT2D eigenvalue weighted by atomic mass is 32.2. The largest absolute Gasteiger partial charge is 0.748 e. The summed E-state index contributed by atoms with van der Waals surface area (Å²) in [7, 11) is -1.80. The number of hydrogen-bond donors (Lipinski definition) is 2. The molecule has 0 aromatic carbocycles. The first-order chi connectivity index (χ1) is 21.7. The molecule has 8 heteroatoms. The monoisotopic (exact) mass is 445 g/mol. The van der Waals surface area contributed by atoms with Crippen LogP contribution in [0.5, 0.6) is 0 Å². The van der Waals surface area contributed by atoms with E-state index >= 15 is 0 Å². The van der Waals surface area contributed by atoms with Crippen molar-refractivity contribution >= 4 is 16.0 Å². The van der Waals surface area contributed by atoms with Gasteiger partial charge in [0, 0.05) is 50.9 Å². The van der Waals surface area contributed by atoms with Crippen molar-refractivity contribution in [2.45, 2.75) is 83.1 Å².